The maximum absolute atomic E-state index is 3.89. The van der Waals surface area contributed by atoms with Gasteiger partial charge in [-0.05, 0) is 97.1 Å². The summed E-state index contributed by atoms with van der Waals surface area (Å²) in [7, 11) is 0.892. The molecule has 0 amide bonds. The van der Waals surface area contributed by atoms with E-state index in [0.29, 0.717) is 0 Å². The third kappa shape index (κ3) is 4.99. The van der Waals surface area contributed by atoms with Crippen molar-refractivity contribution in [1.82, 2.24) is 4.57 Å². The molecule has 0 saturated heterocycles. The van der Waals surface area contributed by atoms with Crippen LogP contribution in [0.4, 0.5) is 11.4 Å². The molecule has 1 N–H and O–H groups in total. The summed E-state index contributed by atoms with van der Waals surface area (Å²) in [6.07, 6.45) is 0. The topological polar surface area (TPSA) is 17.0 Å². The molecule has 4 heterocycles. The third-order valence-electron chi connectivity index (χ3n) is 11.9. The van der Waals surface area contributed by atoms with Gasteiger partial charge < -0.3 is 9.88 Å². The fraction of sp³-hybridized carbons (Fsp3) is 0.160. The Morgan fingerprint density at radius 3 is 2.07 bits per heavy atom. The average molecular weight is 745 g/mol. The largest absolute Gasteiger partial charge is 0.355 e. The van der Waals surface area contributed by atoms with Crippen LogP contribution in [0.1, 0.15) is 52.7 Å². The molecule has 0 saturated carbocycles. The highest BCUT2D eigenvalue weighted by atomic mass is 32.1. The minimum atomic E-state index is 0.0589. The summed E-state index contributed by atoms with van der Waals surface area (Å²) in [6, 6.07) is 48.3. The van der Waals surface area contributed by atoms with E-state index in [1.54, 1.807) is 0 Å². The second-order valence-corrected chi connectivity index (χ2v) is 19.7. The molecule has 266 valence electrons. The molecule has 11 rings (SSSR count). The van der Waals surface area contributed by atoms with Gasteiger partial charge in [0.1, 0.15) is 0 Å². The first-order chi connectivity index (χ1) is 26.5. The highest BCUT2D eigenvalue weighted by Crippen LogP contribution is 2.45. The Bertz CT molecular complexity index is 3220. The first kappa shape index (κ1) is 33.0. The van der Waals surface area contributed by atoms with E-state index in [9.17, 15) is 0 Å². The van der Waals surface area contributed by atoms with E-state index in [2.05, 4.69) is 179 Å². The minimum Gasteiger partial charge on any atom is -0.355 e. The summed E-state index contributed by atoms with van der Waals surface area (Å²) in [6.45, 7) is 13.8. The van der Waals surface area contributed by atoms with Crippen LogP contribution in [0, 0.1) is 0 Å². The Balaban J connectivity index is 1.22. The van der Waals surface area contributed by atoms with Gasteiger partial charge in [-0.1, -0.05) is 120 Å². The number of anilines is 2. The second-order valence-electron chi connectivity index (χ2n) is 17.5. The molecule has 0 spiro atoms. The number of nitrogens with zero attached hydrogens (tertiary/aromatic N) is 1. The predicted molar refractivity (Wildman–Crippen MR) is 246 cm³/mol. The van der Waals surface area contributed by atoms with Crippen LogP contribution in [-0.2, 0) is 10.8 Å². The summed E-state index contributed by atoms with van der Waals surface area (Å²) >= 11 is 3.88. The zero-order chi connectivity index (χ0) is 37.4. The van der Waals surface area contributed by atoms with Gasteiger partial charge in [-0.15, -0.1) is 22.7 Å². The second kappa shape index (κ2) is 11.6. The fourth-order valence-corrected chi connectivity index (χ4v) is 11.3. The van der Waals surface area contributed by atoms with Crippen molar-refractivity contribution in [1.29, 1.82) is 0 Å². The minimum absolute atomic E-state index is 0.0589. The van der Waals surface area contributed by atoms with Crippen molar-refractivity contribution >= 4 is 114 Å². The lowest BCUT2D eigenvalue weighted by Crippen LogP contribution is -2.35. The van der Waals surface area contributed by atoms with Gasteiger partial charge in [-0.25, -0.2) is 0 Å². The summed E-state index contributed by atoms with van der Waals surface area (Å²) in [5.41, 5.74) is 13.1. The van der Waals surface area contributed by atoms with E-state index in [-0.39, 0.29) is 10.8 Å². The Kier molecular flexibility index (Phi) is 6.95. The average Bonchev–Trinajstić information content (AvgIpc) is 3.83. The molecule has 2 nitrogen and oxygen atoms in total. The number of aromatic nitrogens is 1. The fourth-order valence-electron chi connectivity index (χ4n) is 9.04. The van der Waals surface area contributed by atoms with Gasteiger partial charge in [0.05, 0.1) is 11.2 Å². The molecular formula is C50H41BN2S2. The maximum Gasteiger partial charge on any atom is 0.211 e. The molecule has 7 aromatic carbocycles. The van der Waals surface area contributed by atoms with Crippen molar-refractivity contribution in [3.63, 3.8) is 0 Å². The van der Waals surface area contributed by atoms with E-state index < -0.39 is 0 Å². The summed E-state index contributed by atoms with van der Waals surface area (Å²) < 4.78 is 8.14. The predicted octanol–water partition coefficient (Wildman–Crippen LogP) is 13.2. The Morgan fingerprint density at radius 2 is 1.27 bits per heavy atom. The number of rotatable bonds is 3. The normalized spacial score (nSPS) is 13.1. The van der Waals surface area contributed by atoms with Crippen molar-refractivity contribution in [2.24, 2.45) is 0 Å². The maximum atomic E-state index is 3.89. The molecule has 1 aliphatic rings. The van der Waals surface area contributed by atoms with Crippen molar-refractivity contribution < 1.29 is 0 Å². The van der Waals surface area contributed by atoms with E-state index >= 15 is 0 Å². The summed E-state index contributed by atoms with van der Waals surface area (Å²) in [5.74, 6) is 0. The molecule has 5 heteroatoms. The van der Waals surface area contributed by atoms with Crippen LogP contribution in [0.25, 0.3) is 79.7 Å². The van der Waals surface area contributed by atoms with Crippen molar-refractivity contribution in [2.75, 3.05) is 5.32 Å². The number of nitrogens with one attached hydrogen (secondary N) is 1. The number of fused-ring (bicyclic) bond motifs is 11. The molecule has 1 aliphatic heterocycles. The van der Waals surface area contributed by atoms with Crippen molar-refractivity contribution in [2.45, 2.75) is 52.4 Å². The summed E-state index contributed by atoms with van der Waals surface area (Å²) in [5, 5.41) is 13.1. The first-order valence-electron chi connectivity index (χ1n) is 19.4. The van der Waals surface area contributed by atoms with Crippen molar-refractivity contribution in [3.05, 3.63) is 139 Å². The Labute approximate surface area is 330 Å². The summed E-state index contributed by atoms with van der Waals surface area (Å²) in [4.78, 5) is 0. The number of thiophene rings is 2. The van der Waals surface area contributed by atoms with Crippen LogP contribution in [0.2, 0.25) is 0 Å². The first-order valence-corrected chi connectivity index (χ1v) is 21.0. The van der Waals surface area contributed by atoms with Crippen LogP contribution in [0.15, 0.2) is 127 Å². The van der Waals surface area contributed by atoms with Gasteiger partial charge in [0, 0.05) is 63.5 Å². The zero-order valence-corrected chi connectivity index (χ0v) is 33.7. The highest BCUT2D eigenvalue weighted by molar-refractivity contribution is 7.29. The van der Waals surface area contributed by atoms with Crippen LogP contribution < -0.4 is 15.6 Å². The van der Waals surface area contributed by atoms with E-state index in [0.717, 1.165) is 18.7 Å². The quantitative estimate of drug-likeness (QED) is 0.178. The molecular weight excluding hydrogens is 704 g/mol. The van der Waals surface area contributed by atoms with Crippen LogP contribution in [-0.4, -0.2) is 11.8 Å². The van der Waals surface area contributed by atoms with Gasteiger partial charge in [-0.3, -0.25) is 0 Å². The zero-order valence-electron chi connectivity index (χ0n) is 32.1. The molecule has 0 bridgehead atoms. The molecule has 3 aromatic heterocycles. The highest BCUT2D eigenvalue weighted by Gasteiger charge is 2.31. The van der Waals surface area contributed by atoms with E-state index in [4.69, 9.17) is 0 Å². The smallest absolute Gasteiger partial charge is 0.211 e. The SMILES string of the molecule is CC(C)(C)c1ccc(Nc2ccc3ccccc3c2-c2ccc3c4cc5sc6ccccc6c5cc4n4c3c2Bc2sc3ccc(C(C)(C)C)cc3c2-4)cc1. The van der Waals surface area contributed by atoms with Gasteiger partial charge in [0.15, 0.2) is 0 Å². The Morgan fingerprint density at radius 1 is 0.545 bits per heavy atom. The standard InChI is InChI=1S/C50H41BN2S2/c1-49(2,3)29-16-19-31(20-17-29)52-39-23-15-28-11-7-8-12-32(28)44(39)35-22-21-34-36-27-43-37(33-13-9-10-14-41(33)54-43)26-40(36)53-46(34)45(35)51-48-47(53)38-25-30(50(4,5)6)18-24-42(38)55-48/h7-27,51-52H,1-6H3. The molecule has 0 radical (unpaired) electrons. The Hall–Kier alpha value is -5.36. The number of benzene rings is 7. The van der Waals surface area contributed by atoms with Crippen molar-refractivity contribution in [3.8, 4) is 16.8 Å². The lowest BCUT2D eigenvalue weighted by molar-refractivity contribution is 0.590. The molecule has 10 aromatic rings. The number of hydrogen-bond donors (Lipinski definition) is 1. The molecule has 0 atom stereocenters. The molecule has 0 fully saturated rings. The van der Waals surface area contributed by atoms with E-state index in [1.807, 2.05) is 22.7 Å². The molecule has 0 aliphatic carbocycles. The van der Waals surface area contributed by atoms with Crippen LogP contribution >= 0.6 is 22.7 Å². The third-order valence-corrected chi connectivity index (χ3v) is 14.2. The lowest BCUT2D eigenvalue weighted by atomic mass is 9.63. The number of hydrogen-bond acceptors (Lipinski definition) is 3. The van der Waals surface area contributed by atoms with E-state index in [1.165, 1.54) is 101 Å². The van der Waals surface area contributed by atoms with Gasteiger partial charge in [-0.2, -0.15) is 0 Å². The van der Waals surface area contributed by atoms with Gasteiger partial charge in [0.2, 0.25) is 7.28 Å². The van der Waals surface area contributed by atoms with Gasteiger partial charge >= 0.3 is 0 Å². The molecule has 55 heavy (non-hydrogen) atoms. The van der Waals surface area contributed by atoms with Gasteiger partial charge in [0.25, 0.3) is 0 Å². The molecule has 0 unspecified atom stereocenters. The van der Waals surface area contributed by atoms with Crippen LogP contribution in [0.5, 0.6) is 0 Å². The lowest BCUT2D eigenvalue weighted by Gasteiger charge is -2.24. The monoisotopic (exact) mass is 744 g/mol. The van der Waals surface area contributed by atoms with Crippen LogP contribution in [0.3, 0.4) is 0 Å².